The second-order valence-corrected chi connectivity index (χ2v) is 9.58. The largest absolute Gasteiger partial charge is 0.381 e. The number of fused-ring (bicyclic) bond motifs is 1. The van der Waals surface area contributed by atoms with Crippen LogP contribution in [0.2, 0.25) is 0 Å². The lowest BCUT2D eigenvalue weighted by Crippen LogP contribution is -2.33. The molecule has 4 rings (SSSR count). The van der Waals surface area contributed by atoms with E-state index in [0.29, 0.717) is 47.4 Å². The molecule has 10 heteroatoms. The zero-order valence-corrected chi connectivity index (χ0v) is 17.2. The van der Waals surface area contributed by atoms with Crippen molar-refractivity contribution in [3.63, 3.8) is 0 Å². The fraction of sp³-hybridized carbons (Fsp3) is 0.350. The molecule has 0 spiro atoms. The maximum atomic E-state index is 13.2. The van der Waals surface area contributed by atoms with Gasteiger partial charge in [-0.3, -0.25) is 4.79 Å². The average molecular weight is 431 g/mol. The molecule has 2 aromatic heterocycles. The number of rotatable bonds is 5. The van der Waals surface area contributed by atoms with Crippen molar-refractivity contribution in [3.05, 3.63) is 48.0 Å². The number of amides is 1. The second-order valence-electron chi connectivity index (χ2n) is 7.28. The van der Waals surface area contributed by atoms with E-state index in [4.69, 9.17) is 0 Å². The van der Waals surface area contributed by atoms with Crippen LogP contribution in [0.15, 0.2) is 36.7 Å². The molecule has 1 aliphatic rings. The molecule has 3 heterocycles. The van der Waals surface area contributed by atoms with Crippen molar-refractivity contribution in [2.24, 2.45) is 0 Å². The second kappa shape index (κ2) is 8.02. The molecule has 0 bridgehead atoms. The van der Waals surface area contributed by atoms with Crippen molar-refractivity contribution in [2.45, 2.75) is 32.4 Å². The topological polar surface area (TPSA) is 106 Å². The molecule has 1 aliphatic heterocycles. The molecular formula is C20H22FN5O3S. The first-order valence-corrected chi connectivity index (χ1v) is 11.6. The van der Waals surface area contributed by atoms with Crippen molar-refractivity contribution in [1.29, 1.82) is 0 Å². The number of anilines is 2. The van der Waals surface area contributed by atoms with Gasteiger partial charge in [0, 0.05) is 24.5 Å². The molecule has 0 saturated carbocycles. The number of benzene rings is 1. The lowest BCUT2D eigenvalue weighted by Gasteiger charge is -2.25. The van der Waals surface area contributed by atoms with E-state index in [2.05, 4.69) is 20.7 Å². The predicted molar refractivity (Wildman–Crippen MR) is 113 cm³/mol. The van der Waals surface area contributed by atoms with Gasteiger partial charge in [0.25, 0.3) is 5.91 Å². The number of hydrogen-bond acceptors (Lipinski definition) is 6. The SMILES string of the molecule is CCn1ncc2c(NC3CCS(=O)(=O)CC3)c(C(=O)Nc3ccc(F)cc3)cnc21. The van der Waals surface area contributed by atoms with Gasteiger partial charge in [-0.1, -0.05) is 0 Å². The fourth-order valence-electron chi connectivity index (χ4n) is 3.56. The number of carbonyl (C=O) groups is 1. The Bertz CT molecular complexity index is 1180. The summed E-state index contributed by atoms with van der Waals surface area (Å²) >= 11 is 0. The first-order valence-electron chi connectivity index (χ1n) is 9.74. The highest BCUT2D eigenvalue weighted by Gasteiger charge is 2.26. The summed E-state index contributed by atoms with van der Waals surface area (Å²) in [6, 6.07) is 5.41. The molecule has 158 valence electrons. The highest BCUT2D eigenvalue weighted by atomic mass is 32.2. The summed E-state index contributed by atoms with van der Waals surface area (Å²) in [6.45, 7) is 2.57. The lowest BCUT2D eigenvalue weighted by atomic mass is 10.1. The van der Waals surface area contributed by atoms with Crippen LogP contribution in [-0.4, -0.2) is 46.6 Å². The molecule has 0 unspecified atom stereocenters. The Balaban J connectivity index is 1.68. The molecular weight excluding hydrogens is 409 g/mol. The minimum Gasteiger partial charge on any atom is -0.381 e. The number of hydrogen-bond donors (Lipinski definition) is 2. The van der Waals surface area contributed by atoms with Crippen molar-refractivity contribution in [3.8, 4) is 0 Å². The van der Waals surface area contributed by atoms with Gasteiger partial charge in [0.15, 0.2) is 5.65 Å². The maximum Gasteiger partial charge on any atom is 0.259 e. The van der Waals surface area contributed by atoms with E-state index in [1.165, 1.54) is 30.5 Å². The molecule has 30 heavy (non-hydrogen) atoms. The van der Waals surface area contributed by atoms with Gasteiger partial charge in [0.1, 0.15) is 15.7 Å². The smallest absolute Gasteiger partial charge is 0.259 e. The number of carbonyl (C=O) groups excluding carboxylic acids is 1. The summed E-state index contributed by atoms with van der Waals surface area (Å²) < 4.78 is 38.4. The number of aromatic nitrogens is 3. The molecule has 0 radical (unpaired) electrons. The van der Waals surface area contributed by atoms with Crippen LogP contribution in [0, 0.1) is 5.82 Å². The fourth-order valence-corrected chi connectivity index (χ4v) is 5.05. The van der Waals surface area contributed by atoms with E-state index < -0.39 is 21.6 Å². The van der Waals surface area contributed by atoms with E-state index in [9.17, 15) is 17.6 Å². The normalized spacial score (nSPS) is 16.5. The first kappa shape index (κ1) is 20.3. The number of pyridine rings is 1. The van der Waals surface area contributed by atoms with Crippen molar-refractivity contribution in [1.82, 2.24) is 14.8 Å². The van der Waals surface area contributed by atoms with Crippen LogP contribution in [-0.2, 0) is 16.4 Å². The number of halogens is 1. The van der Waals surface area contributed by atoms with Crippen molar-refractivity contribution < 1.29 is 17.6 Å². The van der Waals surface area contributed by atoms with Crippen LogP contribution in [0.3, 0.4) is 0 Å². The zero-order chi connectivity index (χ0) is 21.3. The number of aryl methyl sites for hydroxylation is 1. The Morgan fingerprint density at radius 1 is 1.20 bits per heavy atom. The van der Waals surface area contributed by atoms with E-state index in [-0.39, 0.29) is 17.5 Å². The van der Waals surface area contributed by atoms with Crippen LogP contribution < -0.4 is 10.6 Å². The van der Waals surface area contributed by atoms with Crippen molar-refractivity contribution >= 4 is 38.2 Å². The third-order valence-electron chi connectivity index (χ3n) is 5.22. The predicted octanol–water partition coefficient (Wildman–Crippen LogP) is 2.83. The third-order valence-corrected chi connectivity index (χ3v) is 6.93. The quantitative estimate of drug-likeness (QED) is 0.644. The first-order chi connectivity index (χ1) is 14.4. The molecule has 1 amide bonds. The molecule has 3 aromatic rings. The standard InChI is InChI=1S/C20H22FN5O3S/c1-2-26-19-16(12-23-26)18(24-15-7-9-30(28,29)10-8-15)17(11-22-19)20(27)25-14-5-3-13(21)4-6-14/h3-6,11-12,15H,2,7-10H2,1H3,(H,22,24)(H,25,27). The van der Waals surface area contributed by atoms with Gasteiger partial charge in [-0.05, 0) is 44.0 Å². The molecule has 1 aromatic carbocycles. The Morgan fingerprint density at radius 2 is 1.90 bits per heavy atom. The molecule has 8 nitrogen and oxygen atoms in total. The molecule has 1 saturated heterocycles. The van der Waals surface area contributed by atoms with Crippen LogP contribution in [0.25, 0.3) is 11.0 Å². The van der Waals surface area contributed by atoms with Gasteiger partial charge >= 0.3 is 0 Å². The van der Waals surface area contributed by atoms with E-state index in [0.717, 1.165) is 0 Å². The molecule has 0 atom stereocenters. The van der Waals surface area contributed by atoms with Gasteiger partial charge in [0.05, 0.1) is 34.3 Å². The van der Waals surface area contributed by atoms with Crippen molar-refractivity contribution in [2.75, 3.05) is 22.1 Å². The summed E-state index contributed by atoms with van der Waals surface area (Å²) in [7, 11) is -3.00. The molecule has 2 N–H and O–H groups in total. The van der Waals surface area contributed by atoms with E-state index in [1.54, 1.807) is 10.9 Å². The van der Waals surface area contributed by atoms with Crippen LogP contribution in [0.5, 0.6) is 0 Å². The van der Waals surface area contributed by atoms with Crippen LogP contribution >= 0.6 is 0 Å². The number of nitrogens with zero attached hydrogens (tertiary/aromatic N) is 3. The zero-order valence-electron chi connectivity index (χ0n) is 16.4. The third kappa shape index (κ3) is 4.13. The summed E-state index contributed by atoms with van der Waals surface area (Å²) in [6.07, 6.45) is 4.07. The lowest BCUT2D eigenvalue weighted by molar-refractivity contribution is 0.102. The van der Waals surface area contributed by atoms with Gasteiger partial charge in [-0.2, -0.15) is 5.10 Å². The monoisotopic (exact) mass is 431 g/mol. The van der Waals surface area contributed by atoms with Gasteiger partial charge in [-0.25, -0.2) is 22.5 Å². The summed E-state index contributed by atoms with van der Waals surface area (Å²) in [5, 5.41) is 11.1. The number of nitrogens with one attached hydrogen (secondary N) is 2. The summed E-state index contributed by atoms with van der Waals surface area (Å²) in [5.41, 5.74) is 1.99. The Labute approximate surface area is 173 Å². The van der Waals surface area contributed by atoms with E-state index >= 15 is 0 Å². The maximum absolute atomic E-state index is 13.2. The minimum atomic E-state index is -3.00. The highest BCUT2D eigenvalue weighted by Crippen LogP contribution is 2.29. The van der Waals surface area contributed by atoms with E-state index in [1.807, 2.05) is 6.92 Å². The number of sulfone groups is 1. The minimum absolute atomic E-state index is 0.0820. The Kier molecular flexibility index (Phi) is 5.42. The average Bonchev–Trinajstić information content (AvgIpc) is 3.15. The van der Waals surface area contributed by atoms with Gasteiger partial charge < -0.3 is 10.6 Å². The molecule has 0 aliphatic carbocycles. The Morgan fingerprint density at radius 3 is 2.57 bits per heavy atom. The highest BCUT2D eigenvalue weighted by molar-refractivity contribution is 7.91. The van der Waals surface area contributed by atoms with Crippen LogP contribution in [0.1, 0.15) is 30.1 Å². The van der Waals surface area contributed by atoms with Gasteiger partial charge in [0.2, 0.25) is 0 Å². The molecule has 1 fully saturated rings. The van der Waals surface area contributed by atoms with Crippen LogP contribution in [0.4, 0.5) is 15.8 Å². The Hall–Kier alpha value is -3.01. The summed E-state index contributed by atoms with van der Waals surface area (Å²) in [5.74, 6) is -0.557. The van der Waals surface area contributed by atoms with Gasteiger partial charge in [-0.15, -0.1) is 0 Å². The summed E-state index contributed by atoms with van der Waals surface area (Å²) in [4.78, 5) is 17.4.